The lowest BCUT2D eigenvalue weighted by Crippen LogP contribution is -2.21. The van der Waals surface area contributed by atoms with Gasteiger partial charge >= 0.3 is 0 Å². The van der Waals surface area contributed by atoms with Gasteiger partial charge in [-0.2, -0.15) is 0 Å². The number of hydrogen-bond donors (Lipinski definition) is 0. The number of rotatable bonds is 1. The number of hydrogen-bond acceptors (Lipinski definition) is 1. The van der Waals surface area contributed by atoms with Crippen LogP contribution >= 0.6 is 0 Å². The first kappa shape index (κ1) is 10.7. The highest BCUT2D eigenvalue weighted by Crippen LogP contribution is 2.28. The molecule has 1 aliphatic carbocycles. The summed E-state index contributed by atoms with van der Waals surface area (Å²) in [4.78, 5) is 4.51. The Balaban J connectivity index is 1.86. The molecule has 0 saturated carbocycles. The van der Waals surface area contributed by atoms with Crippen LogP contribution in [0.15, 0.2) is 47.5 Å². The van der Waals surface area contributed by atoms with E-state index in [1.54, 1.807) is 0 Å². The van der Waals surface area contributed by atoms with E-state index in [4.69, 9.17) is 0 Å². The molecular weight excluding hydrogens is 230 g/mol. The lowest BCUT2D eigenvalue weighted by Gasteiger charge is -2.19. The Kier molecular flexibility index (Phi) is 2.37. The highest BCUT2D eigenvalue weighted by atomic mass is 14.7. The number of fused-ring (bicyclic) bond motifs is 3. The SMILES string of the molecule is C1=Nc2c3c(ccc2=C1)=CC(c1ccccc1)CC3. The van der Waals surface area contributed by atoms with Crippen LogP contribution < -0.4 is 10.4 Å². The fraction of sp³-hybridized carbons (Fsp3) is 0.167. The van der Waals surface area contributed by atoms with Crippen molar-refractivity contribution < 1.29 is 0 Å². The van der Waals surface area contributed by atoms with Gasteiger partial charge in [0.05, 0.1) is 5.69 Å². The Bertz CT molecular complexity index is 769. The summed E-state index contributed by atoms with van der Waals surface area (Å²) in [6.07, 6.45) is 8.72. The fourth-order valence-electron chi connectivity index (χ4n) is 3.13. The lowest BCUT2D eigenvalue weighted by molar-refractivity contribution is 0.741. The van der Waals surface area contributed by atoms with Crippen LogP contribution in [0.25, 0.3) is 12.2 Å². The minimum Gasteiger partial charge on any atom is -0.256 e. The molecule has 0 bridgehead atoms. The number of nitrogens with zero attached hydrogens (tertiary/aromatic N) is 1. The minimum atomic E-state index is 0.543. The van der Waals surface area contributed by atoms with Gasteiger partial charge in [0.25, 0.3) is 0 Å². The van der Waals surface area contributed by atoms with Crippen LogP contribution in [-0.2, 0) is 6.42 Å². The zero-order chi connectivity index (χ0) is 12.7. The van der Waals surface area contributed by atoms with Gasteiger partial charge in [0.2, 0.25) is 0 Å². The Labute approximate surface area is 112 Å². The van der Waals surface area contributed by atoms with E-state index >= 15 is 0 Å². The van der Waals surface area contributed by atoms with Gasteiger partial charge in [-0.1, -0.05) is 48.5 Å². The first-order chi connectivity index (χ1) is 9.42. The monoisotopic (exact) mass is 245 g/mol. The number of aliphatic imine (C=N–C) groups is 1. The van der Waals surface area contributed by atoms with Crippen LogP contribution in [0.4, 0.5) is 5.69 Å². The van der Waals surface area contributed by atoms with Crippen LogP contribution in [-0.4, -0.2) is 6.21 Å². The topological polar surface area (TPSA) is 12.4 Å². The summed E-state index contributed by atoms with van der Waals surface area (Å²) in [6.45, 7) is 0. The van der Waals surface area contributed by atoms with Gasteiger partial charge in [-0.3, -0.25) is 4.99 Å². The van der Waals surface area contributed by atoms with Crippen molar-refractivity contribution in [3.05, 3.63) is 64.0 Å². The van der Waals surface area contributed by atoms with Gasteiger partial charge in [0.1, 0.15) is 0 Å². The summed E-state index contributed by atoms with van der Waals surface area (Å²) in [6, 6.07) is 15.2. The molecule has 4 rings (SSSR count). The largest absolute Gasteiger partial charge is 0.256 e. The molecular formula is C18H15N. The van der Waals surface area contributed by atoms with E-state index in [1.165, 1.54) is 33.7 Å². The van der Waals surface area contributed by atoms with Crippen LogP contribution in [0.3, 0.4) is 0 Å². The summed E-state index contributed by atoms with van der Waals surface area (Å²) >= 11 is 0. The molecule has 0 radical (unpaired) electrons. The molecule has 1 unspecified atom stereocenters. The van der Waals surface area contributed by atoms with Gasteiger partial charge in [-0.15, -0.1) is 0 Å². The second kappa shape index (κ2) is 4.20. The van der Waals surface area contributed by atoms with E-state index in [2.05, 4.69) is 59.6 Å². The molecule has 0 fully saturated rings. The molecule has 2 aromatic rings. The first-order valence-electron chi connectivity index (χ1n) is 6.85. The molecule has 1 nitrogen and oxygen atoms in total. The quantitative estimate of drug-likeness (QED) is 0.732. The highest BCUT2D eigenvalue weighted by Gasteiger charge is 2.17. The maximum absolute atomic E-state index is 4.51. The van der Waals surface area contributed by atoms with Gasteiger partial charge in [0, 0.05) is 17.4 Å². The molecule has 0 spiro atoms. The molecule has 0 amide bonds. The average molecular weight is 245 g/mol. The fourth-order valence-corrected chi connectivity index (χ4v) is 3.13. The van der Waals surface area contributed by atoms with E-state index in [0.717, 1.165) is 6.42 Å². The predicted octanol–water partition coefficient (Wildman–Crippen LogP) is 2.69. The van der Waals surface area contributed by atoms with Crippen molar-refractivity contribution in [2.24, 2.45) is 4.99 Å². The summed E-state index contributed by atoms with van der Waals surface area (Å²) < 4.78 is 0. The Morgan fingerprint density at radius 2 is 1.79 bits per heavy atom. The Morgan fingerprint density at radius 3 is 2.68 bits per heavy atom. The van der Waals surface area contributed by atoms with Crippen molar-refractivity contribution in [1.82, 2.24) is 0 Å². The molecule has 1 heterocycles. The maximum Gasteiger partial charge on any atom is 0.0740 e. The summed E-state index contributed by atoms with van der Waals surface area (Å²) in [5, 5.41) is 2.64. The van der Waals surface area contributed by atoms with E-state index in [1.807, 2.05) is 6.21 Å². The second-order valence-corrected chi connectivity index (χ2v) is 5.24. The third-order valence-electron chi connectivity index (χ3n) is 4.12. The maximum atomic E-state index is 4.51. The standard InChI is InChI=1S/C18H15N/c1-2-4-13(5-3-1)15-8-9-17-16(12-15)7-6-14-10-11-19-18(14)17/h1-7,10-12,15H,8-9H2. The Morgan fingerprint density at radius 1 is 0.947 bits per heavy atom. The van der Waals surface area contributed by atoms with Crippen molar-refractivity contribution >= 4 is 24.1 Å². The second-order valence-electron chi connectivity index (χ2n) is 5.24. The molecule has 1 heteroatoms. The van der Waals surface area contributed by atoms with Crippen LogP contribution in [0.1, 0.15) is 23.5 Å². The van der Waals surface area contributed by atoms with Gasteiger partial charge < -0.3 is 0 Å². The van der Waals surface area contributed by atoms with E-state index < -0.39 is 0 Å². The molecule has 2 aliphatic rings. The van der Waals surface area contributed by atoms with Crippen molar-refractivity contribution in [2.75, 3.05) is 0 Å². The molecule has 1 aliphatic heterocycles. The van der Waals surface area contributed by atoms with E-state index in [0.29, 0.717) is 5.92 Å². The minimum absolute atomic E-state index is 0.543. The van der Waals surface area contributed by atoms with Crippen LogP contribution in [0.2, 0.25) is 0 Å². The molecule has 0 N–H and O–H groups in total. The molecule has 1 atom stereocenters. The van der Waals surface area contributed by atoms with Crippen LogP contribution in [0.5, 0.6) is 0 Å². The summed E-state index contributed by atoms with van der Waals surface area (Å²) in [7, 11) is 0. The van der Waals surface area contributed by atoms with E-state index in [9.17, 15) is 0 Å². The molecule has 0 aromatic heterocycles. The molecule has 0 saturated heterocycles. The van der Waals surface area contributed by atoms with Gasteiger partial charge in [-0.05, 0) is 35.3 Å². The van der Waals surface area contributed by atoms with Gasteiger partial charge in [-0.25, -0.2) is 0 Å². The third kappa shape index (κ3) is 1.74. The van der Waals surface area contributed by atoms with Crippen molar-refractivity contribution in [1.29, 1.82) is 0 Å². The average Bonchev–Trinajstić information content (AvgIpc) is 2.96. The number of benzene rings is 2. The lowest BCUT2D eigenvalue weighted by atomic mass is 9.85. The molecule has 92 valence electrons. The summed E-state index contributed by atoms with van der Waals surface area (Å²) in [5.74, 6) is 0.543. The zero-order valence-corrected chi connectivity index (χ0v) is 10.7. The normalized spacial score (nSPS) is 19.3. The van der Waals surface area contributed by atoms with E-state index in [-0.39, 0.29) is 0 Å². The highest BCUT2D eigenvalue weighted by molar-refractivity contribution is 5.97. The van der Waals surface area contributed by atoms with Crippen molar-refractivity contribution in [2.45, 2.75) is 18.8 Å². The molecule has 19 heavy (non-hydrogen) atoms. The zero-order valence-electron chi connectivity index (χ0n) is 10.7. The first-order valence-corrected chi connectivity index (χ1v) is 6.85. The predicted molar refractivity (Wildman–Crippen MR) is 80.3 cm³/mol. The third-order valence-corrected chi connectivity index (χ3v) is 4.12. The molecule has 2 aromatic carbocycles. The van der Waals surface area contributed by atoms with Crippen molar-refractivity contribution in [3.63, 3.8) is 0 Å². The summed E-state index contributed by atoms with van der Waals surface area (Å²) in [5.41, 5.74) is 4.04. The van der Waals surface area contributed by atoms with Gasteiger partial charge in [0.15, 0.2) is 0 Å². The smallest absolute Gasteiger partial charge is 0.0740 e. The van der Waals surface area contributed by atoms with Crippen LogP contribution in [0, 0.1) is 0 Å². The van der Waals surface area contributed by atoms with Crippen molar-refractivity contribution in [3.8, 4) is 0 Å². The Hall–Kier alpha value is -2.15.